The van der Waals surface area contributed by atoms with E-state index in [4.69, 9.17) is 9.47 Å². The number of rotatable bonds is 7. The fraction of sp³-hybridized carbons (Fsp3) is 0.474. The first-order valence-electron chi connectivity index (χ1n) is 8.98. The highest BCUT2D eigenvalue weighted by atomic mass is 19.1. The summed E-state index contributed by atoms with van der Waals surface area (Å²) in [4.78, 5) is 18.9. The first-order valence-corrected chi connectivity index (χ1v) is 8.98. The van der Waals surface area contributed by atoms with Crippen LogP contribution in [0.1, 0.15) is 23.7 Å². The molecule has 0 bridgehead atoms. The number of hydrogen-bond donors (Lipinski definition) is 1. The molecule has 0 unspecified atom stereocenters. The van der Waals surface area contributed by atoms with E-state index in [2.05, 4.69) is 15.2 Å². The molecule has 26 heavy (non-hydrogen) atoms. The van der Waals surface area contributed by atoms with Crippen LogP contribution in [0.4, 0.5) is 10.1 Å². The summed E-state index contributed by atoms with van der Waals surface area (Å²) >= 11 is 0. The molecule has 1 saturated heterocycles. The third-order valence-electron chi connectivity index (χ3n) is 4.38. The Morgan fingerprint density at radius 1 is 1.38 bits per heavy atom. The lowest BCUT2D eigenvalue weighted by molar-refractivity contribution is 0.0378. The fourth-order valence-corrected chi connectivity index (χ4v) is 3.06. The third-order valence-corrected chi connectivity index (χ3v) is 4.38. The molecule has 0 atom stereocenters. The van der Waals surface area contributed by atoms with Crippen molar-refractivity contribution in [3.8, 4) is 0 Å². The van der Waals surface area contributed by atoms with Crippen LogP contribution in [0.15, 0.2) is 24.4 Å². The van der Waals surface area contributed by atoms with Crippen molar-refractivity contribution < 1.29 is 18.7 Å². The smallest absolute Gasteiger partial charge is 0.341 e. The van der Waals surface area contributed by atoms with Crippen molar-refractivity contribution in [1.82, 2.24) is 9.88 Å². The topological polar surface area (TPSA) is 63.7 Å². The summed E-state index contributed by atoms with van der Waals surface area (Å²) in [6, 6.07) is 4.37. The summed E-state index contributed by atoms with van der Waals surface area (Å²) in [5.74, 6) is -0.821. The van der Waals surface area contributed by atoms with Crippen LogP contribution >= 0.6 is 0 Å². The van der Waals surface area contributed by atoms with E-state index < -0.39 is 5.97 Å². The molecule has 0 spiro atoms. The minimum Gasteiger partial charge on any atom is -0.462 e. The Labute approximate surface area is 152 Å². The van der Waals surface area contributed by atoms with Crippen LogP contribution < -0.4 is 5.32 Å². The maximum absolute atomic E-state index is 13.7. The number of carbonyl (C=O) groups excluding carboxylic acids is 1. The average Bonchev–Trinajstić information content (AvgIpc) is 2.66. The van der Waals surface area contributed by atoms with Gasteiger partial charge in [-0.15, -0.1) is 0 Å². The molecular weight excluding hydrogens is 337 g/mol. The van der Waals surface area contributed by atoms with E-state index in [1.807, 2.05) is 0 Å². The first kappa shape index (κ1) is 18.5. The van der Waals surface area contributed by atoms with Crippen molar-refractivity contribution in [3.05, 3.63) is 35.8 Å². The first-order chi connectivity index (χ1) is 12.7. The molecule has 2 heterocycles. The molecule has 0 amide bonds. The number of morpholine rings is 1. The van der Waals surface area contributed by atoms with Crippen LogP contribution in [0, 0.1) is 5.82 Å². The SMILES string of the molecule is CCOC(=O)c1cnc2ccc(F)cc2c1NCCCN1CCOCC1. The number of hydrogen-bond acceptors (Lipinski definition) is 6. The van der Waals surface area contributed by atoms with E-state index in [9.17, 15) is 9.18 Å². The number of ether oxygens (including phenoxy) is 2. The van der Waals surface area contributed by atoms with Crippen molar-refractivity contribution in [1.29, 1.82) is 0 Å². The Morgan fingerprint density at radius 2 is 2.19 bits per heavy atom. The number of carbonyl (C=O) groups is 1. The molecule has 7 heteroatoms. The average molecular weight is 361 g/mol. The molecule has 0 radical (unpaired) electrons. The highest BCUT2D eigenvalue weighted by Gasteiger charge is 2.17. The molecule has 2 aromatic rings. The van der Waals surface area contributed by atoms with Crippen molar-refractivity contribution >= 4 is 22.6 Å². The van der Waals surface area contributed by atoms with E-state index in [0.717, 1.165) is 39.3 Å². The Morgan fingerprint density at radius 3 is 2.96 bits per heavy atom. The van der Waals surface area contributed by atoms with Gasteiger partial charge in [0.2, 0.25) is 0 Å². The summed E-state index contributed by atoms with van der Waals surface area (Å²) in [6.07, 6.45) is 2.39. The number of anilines is 1. The van der Waals surface area contributed by atoms with Crippen LogP contribution in [-0.2, 0) is 9.47 Å². The molecule has 1 aliphatic heterocycles. The predicted molar refractivity (Wildman–Crippen MR) is 98.0 cm³/mol. The molecule has 140 valence electrons. The van der Waals surface area contributed by atoms with Crippen LogP contribution in [0.5, 0.6) is 0 Å². The second-order valence-corrected chi connectivity index (χ2v) is 6.16. The third kappa shape index (κ3) is 4.47. The van der Waals surface area contributed by atoms with Gasteiger partial charge in [-0.05, 0) is 38.1 Å². The van der Waals surface area contributed by atoms with E-state index in [1.165, 1.54) is 18.3 Å². The van der Waals surface area contributed by atoms with Crippen LogP contribution in [0.2, 0.25) is 0 Å². The van der Waals surface area contributed by atoms with Crippen molar-refractivity contribution in [2.24, 2.45) is 0 Å². The van der Waals surface area contributed by atoms with Gasteiger partial charge in [0, 0.05) is 31.2 Å². The zero-order valence-electron chi connectivity index (χ0n) is 15.0. The molecule has 6 nitrogen and oxygen atoms in total. The molecular formula is C19H24FN3O3. The summed E-state index contributed by atoms with van der Waals surface area (Å²) in [5, 5.41) is 3.88. The van der Waals surface area contributed by atoms with Gasteiger partial charge in [0.1, 0.15) is 11.4 Å². The van der Waals surface area contributed by atoms with Gasteiger partial charge in [0.05, 0.1) is 31.0 Å². The summed E-state index contributed by atoms with van der Waals surface area (Å²) in [5.41, 5.74) is 1.54. The Kier molecular flexibility index (Phi) is 6.35. The van der Waals surface area contributed by atoms with Crippen molar-refractivity contribution in [2.45, 2.75) is 13.3 Å². The lowest BCUT2D eigenvalue weighted by Crippen LogP contribution is -2.37. The molecule has 1 N–H and O–H groups in total. The predicted octanol–water partition coefficient (Wildman–Crippen LogP) is 2.68. The van der Waals surface area contributed by atoms with Gasteiger partial charge in [0.25, 0.3) is 0 Å². The number of benzene rings is 1. The second kappa shape index (κ2) is 8.91. The van der Waals surface area contributed by atoms with Gasteiger partial charge in [0.15, 0.2) is 0 Å². The fourth-order valence-electron chi connectivity index (χ4n) is 3.06. The summed E-state index contributed by atoms with van der Waals surface area (Å²) in [7, 11) is 0. The van der Waals surface area contributed by atoms with Gasteiger partial charge >= 0.3 is 5.97 Å². The van der Waals surface area contributed by atoms with Crippen molar-refractivity contribution in [2.75, 3.05) is 51.3 Å². The highest BCUT2D eigenvalue weighted by molar-refractivity contribution is 6.04. The number of nitrogens with zero attached hydrogens (tertiary/aromatic N) is 2. The molecule has 1 aliphatic rings. The lowest BCUT2D eigenvalue weighted by Gasteiger charge is -2.26. The lowest BCUT2D eigenvalue weighted by atomic mass is 10.1. The van der Waals surface area contributed by atoms with Crippen LogP contribution in [0.3, 0.4) is 0 Å². The zero-order chi connectivity index (χ0) is 18.4. The van der Waals surface area contributed by atoms with Gasteiger partial charge in [-0.1, -0.05) is 0 Å². The van der Waals surface area contributed by atoms with Crippen LogP contribution in [-0.4, -0.2) is 61.9 Å². The van der Waals surface area contributed by atoms with Crippen molar-refractivity contribution in [3.63, 3.8) is 0 Å². The quantitative estimate of drug-likeness (QED) is 0.604. The zero-order valence-corrected chi connectivity index (χ0v) is 15.0. The minimum atomic E-state index is -0.457. The van der Waals surface area contributed by atoms with E-state index in [0.29, 0.717) is 28.7 Å². The molecule has 1 aromatic carbocycles. The molecule has 1 aromatic heterocycles. The molecule has 3 rings (SSSR count). The summed E-state index contributed by atoms with van der Waals surface area (Å²) in [6.45, 7) is 7.07. The molecule has 1 fully saturated rings. The minimum absolute atomic E-state index is 0.274. The molecule has 0 aliphatic carbocycles. The number of aromatic nitrogens is 1. The number of halogens is 1. The van der Waals surface area contributed by atoms with Gasteiger partial charge in [-0.3, -0.25) is 9.88 Å². The maximum Gasteiger partial charge on any atom is 0.341 e. The highest BCUT2D eigenvalue weighted by Crippen LogP contribution is 2.27. The normalized spacial score (nSPS) is 15.2. The second-order valence-electron chi connectivity index (χ2n) is 6.16. The van der Waals surface area contributed by atoms with Gasteiger partial charge in [-0.2, -0.15) is 0 Å². The Bertz CT molecular complexity index is 763. The monoisotopic (exact) mass is 361 g/mol. The Hall–Kier alpha value is -2.25. The van der Waals surface area contributed by atoms with E-state index in [-0.39, 0.29) is 12.4 Å². The largest absolute Gasteiger partial charge is 0.462 e. The van der Waals surface area contributed by atoms with Gasteiger partial charge in [-0.25, -0.2) is 9.18 Å². The summed E-state index contributed by atoms with van der Waals surface area (Å²) < 4.78 is 24.2. The number of esters is 1. The van der Waals surface area contributed by atoms with Gasteiger partial charge < -0.3 is 14.8 Å². The number of nitrogens with one attached hydrogen (secondary N) is 1. The van der Waals surface area contributed by atoms with E-state index in [1.54, 1.807) is 13.0 Å². The molecule has 0 saturated carbocycles. The standard InChI is InChI=1S/C19H24FN3O3/c1-2-26-19(24)16-13-22-17-5-4-14(20)12-15(17)18(16)21-6-3-7-23-8-10-25-11-9-23/h4-5,12-13H,2-3,6-11H2,1H3,(H,21,22). The maximum atomic E-state index is 13.7. The Balaban J connectivity index is 1.75. The van der Waals surface area contributed by atoms with E-state index >= 15 is 0 Å². The number of fused-ring (bicyclic) bond motifs is 1. The van der Waals surface area contributed by atoms with Crippen LogP contribution in [0.25, 0.3) is 10.9 Å². The number of pyridine rings is 1.